The summed E-state index contributed by atoms with van der Waals surface area (Å²) in [5, 5.41) is 31.8. The zero-order chi connectivity index (χ0) is 46.4. The lowest BCUT2D eigenvalue weighted by Gasteiger charge is -2.20. The number of carboxylic acid groups (broad SMARTS) is 2. The number of fused-ring (bicyclic) bond motifs is 2. The van der Waals surface area contributed by atoms with Gasteiger partial charge in [0.25, 0.3) is 31.1 Å². The Morgan fingerprint density at radius 2 is 0.938 bits per heavy atom. The van der Waals surface area contributed by atoms with Crippen LogP contribution in [0.1, 0.15) is 52.6 Å². The zero-order valence-corrected chi connectivity index (χ0v) is 34.1. The van der Waals surface area contributed by atoms with Crippen LogP contribution in [0.15, 0.2) is 102 Å². The first-order chi connectivity index (χ1) is 30.2. The van der Waals surface area contributed by atoms with Crippen molar-refractivity contribution in [3.05, 3.63) is 136 Å². The van der Waals surface area contributed by atoms with Crippen molar-refractivity contribution in [3.63, 3.8) is 0 Å². The highest BCUT2D eigenvalue weighted by Crippen LogP contribution is 2.34. The van der Waals surface area contributed by atoms with Crippen molar-refractivity contribution < 1.29 is 64.8 Å². The number of aromatic carboxylic acids is 2. The molecule has 0 bridgehead atoms. The van der Waals surface area contributed by atoms with Crippen LogP contribution in [0.3, 0.4) is 0 Å². The summed E-state index contributed by atoms with van der Waals surface area (Å²) >= 11 is 0. The summed E-state index contributed by atoms with van der Waals surface area (Å²) in [6, 6.07) is 14.9. The minimum absolute atomic E-state index is 0.0151. The summed E-state index contributed by atoms with van der Waals surface area (Å²) in [7, 11) is -7.74. The van der Waals surface area contributed by atoms with Gasteiger partial charge >= 0.3 is 11.9 Å². The van der Waals surface area contributed by atoms with E-state index in [1.165, 1.54) is 74.9 Å². The maximum Gasteiger partial charge on any atom is 0.335 e. The summed E-state index contributed by atoms with van der Waals surface area (Å²) in [4.78, 5) is 73.6. The largest absolute Gasteiger partial charge is 0.494 e. The second-order valence-electron chi connectivity index (χ2n) is 13.5. The Labute approximate surface area is 359 Å². The van der Waals surface area contributed by atoms with Gasteiger partial charge in [0.15, 0.2) is 11.4 Å². The number of nitrogens with zero attached hydrogens (tertiary/aromatic N) is 2. The van der Waals surface area contributed by atoms with Gasteiger partial charge in [0.05, 0.1) is 36.7 Å². The first-order valence-electron chi connectivity index (χ1n) is 17.8. The van der Waals surface area contributed by atoms with Crippen LogP contribution in [-0.2, 0) is 20.2 Å². The van der Waals surface area contributed by atoms with Crippen LogP contribution in [0.2, 0.25) is 0 Å². The van der Waals surface area contributed by atoms with Crippen molar-refractivity contribution in [2.45, 2.75) is 0 Å². The summed E-state index contributed by atoms with van der Waals surface area (Å²) in [5.74, 6) is -4.46. The molecule has 24 heteroatoms. The van der Waals surface area contributed by atoms with Crippen molar-refractivity contribution in [1.82, 2.24) is 0 Å². The van der Waals surface area contributed by atoms with E-state index in [1.807, 2.05) is 0 Å². The van der Waals surface area contributed by atoms with Gasteiger partial charge in [-0.3, -0.25) is 39.1 Å². The molecule has 0 unspecified atom stereocenters. The third-order valence-corrected chi connectivity index (χ3v) is 11.3. The molecule has 0 atom stereocenters. The van der Waals surface area contributed by atoms with Crippen LogP contribution < -0.4 is 41.8 Å². The molecular formula is C40H28N6O16S2. The van der Waals surface area contributed by atoms with Crippen LogP contribution in [-0.4, -0.2) is 85.3 Å². The topological polar surface area (TPSA) is 343 Å². The van der Waals surface area contributed by atoms with Gasteiger partial charge in [0.2, 0.25) is 11.6 Å². The number of hydrogen-bond acceptors (Lipinski definition) is 18. The molecule has 0 spiro atoms. The number of ether oxygens (including phenoxy) is 2. The summed E-state index contributed by atoms with van der Waals surface area (Å²) in [6.07, 6.45) is 1.88. The Morgan fingerprint density at radius 1 is 0.562 bits per heavy atom. The predicted octanol–water partition coefficient (Wildman–Crippen LogP) is 3.97. The number of Topliss-reactive ketones (excluding diaryl/α,β-unsaturated/α-hetero) is 2. The van der Waals surface area contributed by atoms with Crippen molar-refractivity contribution >= 4 is 101 Å². The molecule has 22 nitrogen and oxygen atoms in total. The van der Waals surface area contributed by atoms with E-state index in [0.29, 0.717) is 0 Å². The number of nitrogens with one attached hydrogen (secondary N) is 4. The minimum Gasteiger partial charge on any atom is -0.494 e. The van der Waals surface area contributed by atoms with Crippen LogP contribution in [0.25, 0.3) is 12.2 Å². The number of carbonyl (C=O) groups excluding carboxylic acids is 2. The number of methoxy groups -OCH3 is 2. The smallest absolute Gasteiger partial charge is 0.335 e. The highest BCUT2D eigenvalue weighted by molar-refractivity contribution is 7.91. The third-order valence-electron chi connectivity index (χ3n) is 9.54. The highest BCUT2D eigenvalue weighted by atomic mass is 32.2. The third kappa shape index (κ3) is 8.34. The van der Waals surface area contributed by atoms with E-state index in [9.17, 15) is 64.9 Å². The molecule has 0 saturated heterocycles. The average molecular weight is 913 g/mol. The van der Waals surface area contributed by atoms with Gasteiger partial charge in [-0.1, -0.05) is 0 Å². The Balaban J connectivity index is 1.15. The SMILES string of the molecule is COc1cc(C(=O)O)ccc1N/N=C1\C(=O)c2ccc(Nc3c(Nc4ccc5c(c4)C=C(S(=O)(=O)O)/C(=N/Nc4ccc(C(=O)O)cc4OC)C5=O)c(=O)c3=O)cc2C=C1S(=O)(=O)O. The number of benzene rings is 4. The van der Waals surface area contributed by atoms with Crippen LogP contribution in [0, 0.1) is 0 Å². The fourth-order valence-corrected chi connectivity index (χ4v) is 7.74. The van der Waals surface area contributed by atoms with Gasteiger partial charge in [-0.25, -0.2) is 9.59 Å². The average Bonchev–Trinajstić information content (AvgIpc) is 3.25. The number of hydrogen-bond donors (Lipinski definition) is 8. The van der Waals surface area contributed by atoms with E-state index >= 15 is 0 Å². The molecule has 5 aromatic carbocycles. The van der Waals surface area contributed by atoms with Crippen LogP contribution >= 0.6 is 0 Å². The number of ketones is 2. The van der Waals surface area contributed by atoms with Crippen LogP contribution in [0.4, 0.5) is 34.1 Å². The predicted molar refractivity (Wildman–Crippen MR) is 231 cm³/mol. The van der Waals surface area contributed by atoms with E-state index in [1.54, 1.807) is 0 Å². The molecule has 0 radical (unpaired) electrons. The molecule has 0 aromatic heterocycles. The lowest BCUT2D eigenvalue weighted by Crippen LogP contribution is -2.36. The molecule has 7 rings (SSSR count). The van der Waals surface area contributed by atoms with E-state index in [-0.39, 0.29) is 79.0 Å². The summed E-state index contributed by atoms with van der Waals surface area (Å²) < 4.78 is 80.3. The zero-order valence-electron chi connectivity index (χ0n) is 32.5. The monoisotopic (exact) mass is 912 g/mol. The first kappa shape index (κ1) is 43.8. The quantitative estimate of drug-likeness (QED) is 0.0444. The number of carboxylic acids is 2. The minimum atomic E-state index is -5.10. The van der Waals surface area contributed by atoms with Crippen molar-refractivity contribution in [2.75, 3.05) is 35.7 Å². The van der Waals surface area contributed by atoms with Gasteiger partial charge in [-0.15, -0.1) is 0 Å². The Bertz CT molecular complexity index is 3130. The molecule has 0 amide bonds. The first-order valence-corrected chi connectivity index (χ1v) is 20.7. The molecule has 0 saturated carbocycles. The van der Waals surface area contributed by atoms with Gasteiger partial charge in [-0.05, 0) is 96.1 Å². The van der Waals surface area contributed by atoms with Gasteiger partial charge < -0.3 is 30.3 Å². The maximum absolute atomic E-state index is 13.6. The number of allylic oxidation sites excluding steroid dienone is 2. The Hall–Kier alpha value is -8.32. The Morgan fingerprint density at radius 3 is 1.27 bits per heavy atom. The molecule has 64 heavy (non-hydrogen) atoms. The lowest BCUT2D eigenvalue weighted by molar-refractivity contribution is 0.0686. The van der Waals surface area contributed by atoms with Gasteiger partial charge in [0, 0.05) is 22.5 Å². The maximum atomic E-state index is 13.6. The van der Waals surface area contributed by atoms with E-state index in [0.717, 1.165) is 24.3 Å². The van der Waals surface area contributed by atoms with Gasteiger partial charge in [0.1, 0.15) is 32.7 Å². The molecule has 326 valence electrons. The molecular weight excluding hydrogens is 885 g/mol. The molecule has 0 heterocycles. The van der Waals surface area contributed by atoms with Crippen molar-refractivity contribution in [1.29, 1.82) is 0 Å². The van der Waals surface area contributed by atoms with Crippen molar-refractivity contribution in [2.24, 2.45) is 10.2 Å². The summed E-state index contributed by atoms with van der Waals surface area (Å²) in [5.41, 5.74) is 0.599. The molecule has 0 aliphatic heterocycles. The fraction of sp³-hybridized carbons (Fsp3) is 0.0500. The number of anilines is 6. The normalized spacial score (nSPS) is 14.9. The lowest BCUT2D eigenvalue weighted by atomic mass is 9.94. The standard InChI is InChI=1S/C40H28N6O16S2/c1-61-27-13-17(39(51)52)3-9-25(27)43-45-31-29(63(55,56)57)15-19-11-21(5-7-23(19)35(31)47)41-33-34(38(50)37(33)49)42-22-6-8-24-20(12-22)16-30(64(58,59)60)32(36(24)48)46-44-26-10-4-18(40(53)54)14-28(26)62-2/h3-16,41-44H,1-2H3,(H,51,52)(H,53,54)(H,55,56,57)(H,58,59,60)/b45-31-,46-32-. The van der Waals surface area contributed by atoms with Gasteiger partial charge in [-0.2, -0.15) is 27.0 Å². The van der Waals surface area contributed by atoms with E-state index in [4.69, 9.17) is 9.47 Å². The number of hydrazone groups is 2. The Kier molecular flexibility index (Phi) is 11.3. The molecule has 2 aliphatic rings. The molecule has 2 aliphatic carbocycles. The summed E-state index contributed by atoms with van der Waals surface area (Å²) in [6.45, 7) is 0. The molecule has 0 fully saturated rings. The second kappa shape index (κ2) is 16.5. The number of carbonyl (C=O) groups is 4. The van der Waals surface area contributed by atoms with E-state index in [2.05, 4.69) is 31.7 Å². The second-order valence-corrected chi connectivity index (χ2v) is 16.3. The van der Waals surface area contributed by atoms with Crippen molar-refractivity contribution in [3.8, 4) is 11.5 Å². The molecule has 5 aromatic rings. The highest BCUT2D eigenvalue weighted by Gasteiger charge is 2.35. The fourth-order valence-electron chi connectivity index (χ4n) is 6.42. The molecule has 8 N–H and O–H groups in total. The van der Waals surface area contributed by atoms with E-state index < -0.39 is 75.8 Å². The number of rotatable bonds is 14. The van der Waals surface area contributed by atoms with Crippen LogP contribution in [0.5, 0.6) is 11.5 Å².